The second-order valence-corrected chi connectivity index (χ2v) is 9.29. The fourth-order valence-electron chi connectivity index (χ4n) is 4.57. The molecule has 1 amide bonds. The molecule has 9 nitrogen and oxygen atoms in total. The number of aryl methyl sites for hydroxylation is 1. The van der Waals surface area contributed by atoms with Gasteiger partial charge in [-0.05, 0) is 37.8 Å². The molecule has 4 rings (SSSR count). The van der Waals surface area contributed by atoms with Crippen LogP contribution >= 0.6 is 11.3 Å². The number of thiophene rings is 1. The number of Topliss-reactive ketones (excluding diaryl/α,β-unsaturated/α-hetero) is 1. The van der Waals surface area contributed by atoms with Gasteiger partial charge in [0, 0.05) is 42.3 Å². The summed E-state index contributed by atoms with van der Waals surface area (Å²) in [4.78, 5) is 46.1. The molecule has 0 aliphatic carbocycles. The molecule has 0 aromatic carbocycles. The fourth-order valence-corrected chi connectivity index (χ4v) is 5.42. The zero-order valence-electron chi connectivity index (χ0n) is 19.6. The van der Waals surface area contributed by atoms with Crippen LogP contribution in [0.25, 0.3) is 5.76 Å². The summed E-state index contributed by atoms with van der Waals surface area (Å²) in [6.45, 7) is 9.09. The zero-order chi connectivity index (χ0) is 24.4. The molecular weight excluding hydrogens is 458 g/mol. The third-order valence-electron chi connectivity index (χ3n) is 6.27. The first kappa shape index (κ1) is 24.2. The van der Waals surface area contributed by atoms with Gasteiger partial charge in [-0.2, -0.15) is 0 Å². The van der Waals surface area contributed by atoms with Crippen molar-refractivity contribution in [3.63, 3.8) is 0 Å². The fraction of sp³-hybridized carbons (Fsp3) is 0.458. The number of aromatic amines is 1. The highest BCUT2D eigenvalue weighted by molar-refractivity contribution is 7.10. The first-order valence-corrected chi connectivity index (χ1v) is 12.2. The number of hydrogen-bond acceptors (Lipinski definition) is 8. The molecular formula is C24H29N3O6S. The molecule has 2 aromatic heterocycles. The lowest BCUT2D eigenvalue weighted by Crippen LogP contribution is -2.42. The molecule has 182 valence electrons. The summed E-state index contributed by atoms with van der Waals surface area (Å²) in [5.41, 5.74) is 1.58. The number of amides is 1. The summed E-state index contributed by atoms with van der Waals surface area (Å²) < 4.78 is 10.5. The van der Waals surface area contributed by atoms with Crippen molar-refractivity contribution >= 4 is 34.8 Å². The van der Waals surface area contributed by atoms with Gasteiger partial charge in [-0.25, -0.2) is 4.79 Å². The topological polar surface area (TPSA) is 112 Å². The number of ether oxygens (including phenoxy) is 2. The number of esters is 1. The maximum Gasteiger partial charge on any atom is 0.355 e. The Labute approximate surface area is 202 Å². The summed E-state index contributed by atoms with van der Waals surface area (Å²) in [5, 5.41) is 13.3. The highest BCUT2D eigenvalue weighted by Gasteiger charge is 2.47. The number of nitrogens with one attached hydrogen (secondary N) is 1. The van der Waals surface area contributed by atoms with Crippen LogP contribution in [-0.2, 0) is 19.1 Å². The summed E-state index contributed by atoms with van der Waals surface area (Å²) in [6.07, 6.45) is 0. The molecule has 2 aliphatic heterocycles. The van der Waals surface area contributed by atoms with E-state index in [0.29, 0.717) is 43.1 Å². The number of aromatic nitrogens is 1. The number of hydrogen-bond donors (Lipinski definition) is 2. The molecule has 0 unspecified atom stereocenters. The van der Waals surface area contributed by atoms with Gasteiger partial charge in [-0.3, -0.25) is 14.5 Å². The van der Waals surface area contributed by atoms with Crippen molar-refractivity contribution in [2.75, 3.05) is 46.0 Å². The quantitative estimate of drug-likeness (QED) is 0.267. The first-order chi connectivity index (χ1) is 16.3. The van der Waals surface area contributed by atoms with E-state index in [2.05, 4.69) is 9.88 Å². The molecule has 0 saturated carbocycles. The van der Waals surface area contributed by atoms with Crippen LogP contribution in [0.3, 0.4) is 0 Å². The molecule has 34 heavy (non-hydrogen) atoms. The predicted molar refractivity (Wildman–Crippen MR) is 127 cm³/mol. The van der Waals surface area contributed by atoms with Gasteiger partial charge in [0.1, 0.15) is 11.5 Å². The number of aliphatic hydroxyl groups is 1. The minimum atomic E-state index is -0.726. The van der Waals surface area contributed by atoms with E-state index in [1.807, 2.05) is 17.5 Å². The lowest BCUT2D eigenvalue weighted by molar-refractivity contribution is -0.140. The minimum Gasteiger partial charge on any atom is -0.507 e. The van der Waals surface area contributed by atoms with Gasteiger partial charge >= 0.3 is 5.97 Å². The van der Waals surface area contributed by atoms with E-state index < -0.39 is 23.7 Å². The second-order valence-electron chi connectivity index (χ2n) is 8.31. The van der Waals surface area contributed by atoms with Crippen LogP contribution in [0, 0.1) is 13.8 Å². The van der Waals surface area contributed by atoms with E-state index in [4.69, 9.17) is 9.47 Å². The molecule has 2 aliphatic rings. The Bertz CT molecular complexity index is 1110. The molecule has 10 heteroatoms. The summed E-state index contributed by atoms with van der Waals surface area (Å²) >= 11 is 1.42. The largest absolute Gasteiger partial charge is 0.507 e. The molecule has 2 saturated heterocycles. The van der Waals surface area contributed by atoms with Crippen LogP contribution < -0.4 is 0 Å². The number of nitrogens with zero attached hydrogens (tertiary/aromatic N) is 2. The first-order valence-electron chi connectivity index (χ1n) is 11.3. The number of rotatable bonds is 7. The number of ketones is 1. The van der Waals surface area contributed by atoms with Gasteiger partial charge in [-0.1, -0.05) is 6.07 Å². The summed E-state index contributed by atoms with van der Waals surface area (Å²) in [5.74, 6) is -2.18. The van der Waals surface area contributed by atoms with E-state index in [0.717, 1.165) is 18.0 Å². The maximum absolute atomic E-state index is 13.2. The van der Waals surface area contributed by atoms with Gasteiger partial charge in [0.05, 0.1) is 31.4 Å². The Balaban J connectivity index is 1.74. The maximum atomic E-state index is 13.2. The predicted octanol–water partition coefficient (Wildman–Crippen LogP) is 2.62. The van der Waals surface area contributed by atoms with Gasteiger partial charge in [0.25, 0.3) is 11.7 Å². The monoisotopic (exact) mass is 487 g/mol. The van der Waals surface area contributed by atoms with Crippen molar-refractivity contribution in [3.8, 4) is 0 Å². The van der Waals surface area contributed by atoms with Crippen LogP contribution in [0.5, 0.6) is 0 Å². The molecule has 2 aromatic rings. The summed E-state index contributed by atoms with van der Waals surface area (Å²) in [7, 11) is 0. The van der Waals surface area contributed by atoms with Gasteiger partial charge in [-0.15, -0.1) is 11.3 Å². The zero-order valence-corrected chi connectivity index (χ0v) is 20.4. The van der Waals surface area contributed by atoms with Crippen molar-refractivity contribution < 1.29 is 29.0 Å². The average molecular weight is 488 g/mol. The van der Waals surface area contributed by atoms with Crippen molar-refractivity contribution in [3.05, 3.63) is 50.5 Å². The van der Waals surface area contributed by atoms with E-state index in [1.165, 1.54) is 11.3 Å². The van der Waals surface area contributed by atoms with Crippen LogP contribution in [0.4, 0.5) is 0 Å². The average Bonchev–Trinajstić information content (AvgIpc) is 3.51. The Hall–Kier alpha value is -2.95. The Morgan fingerprint density at radius 1 is 1.26 bits per heavy atom. The van der Waals surface area contributed by atoms with Crippen LogP contribution in [0.2, 0.25) is 0 Å². The van der Waals surface area contributed by atoms with Crippen molar-refractivity contribution in [1.29, 1.82) is 0 Å². The number of likely N-dealkylation sites (tertiary alicyclic amines) is 1. The SMILES string of the molecule is CCOC(=O)c1[nH]c(C)c(C(O)=C2C(=O)C(=O)N(CCN3CCOCC3)[C@@H]2c2cccs2)c1C. The molecule has 2 fully saturated rings. The van der Waals surface area contributed by atoms with Crippen LogP contribution in [0.1, 0.15) is 45.2 Å². The van der Waals surface area contributed by atoms with Crippen molar-refractivity contribution in [1.82, 2.24) is 14.8 Å². The molecule has 4 heterocycles. The number of carbonyl (C=O) groups is 3. The Kier molecular flexibility index (Phi) is 7.20. The van der Waals surface area contributed by atoms with Gasteiger partial charge in [0.15, 0.2) is 0 Å². The van der Waals surface area contributed by atoms with Crippen molar-refractivity contribution in [2.45, 2.75) is 26.8 Å². The molecule has 0 spiro atoms. The molecule has 2 N–H and O–H groups in total. The van der Waals surface area contributed by atoms with Gasteiger partial charge in [0.2, 0.25) is 0 Å². The lowest BCUT2D eigenvalue weighted by atomic mass is 9.97. The number of carbonyl (C=O) groups excluding carboxylic acids is 3. The van der Waals surface area contributed by atoms with E-state index in [1.54, 1.807) is 25.7 Å². The highest BCUT2D eigenvalue weighted by Crippen LogP contribution is 2.42. The van der Waals surface area contributed by atoms with E-state index >= 15 is 0 Å². The van der Waals surface area contributed by atoms with Gasteiger partial charge < -0.3 is 24.5 Å². The smallest absolute Gasteiger partial charge is 0.355 e. The molecule has 0 bridgehead atoms. The van der Waals surface area contributed by atoms with Crippen LogP contribution in [0.15, 0.2) is 23.1 Å². The lowest BCUT2D eigenvalue weighted by Gasteiger charge is -2.30. The molecule has 0 radical (unpaired) electrons. The van der Waals surface area contributed by atoms with Crippen LogP contribution in [-0.4, -0.2) is 83.5 Å². The normalized spacial score (nSPS) is 20.8. The van der Waals surface area contributed by atoms with E-state index in [-0.39, 0.29) is 23.6 Å². The third kappa shape index (κ3) is 4.40. The second kappa shape index (κ2) is 10.1. The standard InChI is InChI=1S/C24H29N3O6S/c1-4-33-24(31)19-14(2)17(15(3)25-19)21(28)18-20(16-6-5-13-34-16)27(23(30)22(18)29)8-7-26-9-11-32-12-10-26/h5-6,13,20,25,28H,4,7-12H2,1-3H3/t20-/m1/s1. The Morgan fingerprint density at radius 3 is 2.65 bits per heavy atom. The molecule has 1 atom stereocenters. The van der Waals surface area contributed by atoms with Crippen molar-refractivity contribution in [2.24, 2.45) is 0 Å². The minimum absolute atomic E-state index is 0.0371. The summed E-state index contributed by atoms with van der Waals surface area (Å²) in [6, 6.07) is 3.02. The number of morpholine rings is 1. The Morgan fingerprint density at radius 2 is 2.00 bits per heavy atom. The number of aliphatic hydroxyl groups excluding tert-OH is 1. The number of H-pyrrole nitrogens is 1. The third-order valence-corrected chi connectivity index (χ3v) is 7.19. The highest BCUT2D eigenvalue weighted by atomic mass is 32.1. The van der Waals surface area contributed by atoms with E-state index in [9.17, 15) is 19.5 Å².